The van der Waals surface area contributed by atoms with Gasteiger partial charge in [0.1, 0.15) is 18.5 Å². The van der Waals surface area contributed by atoms with Crippen LogP contribution >= 0.6 is 11.8 Å². The van der Waals surface area contributed by atoms with E-state index in [-0.39, 0.29) is 25.1 Å². The highest BCUT2D eigenvalue weighted by Crippen LogP contribution is 2.37. The van der Waals surface area contributed by atoms with Crippen LogP contribution in [0.25, 0.3) is 0 Å². The van der Waals surface area contributed by atoms with E-state index in [1.165, 1.54) is 0 Å². The Morgan fingerprint density at radius 2 is 1.76 bits per heavy atom. The van der Waals surface area contributed by atoms with Crippen LogP contribution < -0.4 is 10.1 Å². The van der Waals surface area contributed by atoms with Crippen LogP contribution in [0.15, 0.2) is 72.9 Å². The van der Waals surface area contributed by atoms with Crippen LogP contribution in [0.4, 0.5) is 4.79 Å². The van der Waals surface area contributed by atoms with E-state index in [0.29, 0.717) is 42.5 Å². The van der Waals surface area contributed by atoms with E-state index < -0.39 is 21.9 Å². The van der Waals surface area contributed by atoms with Crippen molar-refractivity contribution in [2.75, 3.05) is 6.61 Å². The van der Waals surface area contributed by atoms with Crippen molar-refractivity contribution in [3.8, 4) is 5.75 Å². The summed E-state index contributed by atoms with van der Waals surface area (Å²) in [4.78, 5) is 54.2. The van der Waals surface area contributed by atoms with Gasteiger partial charge in [0.25, 0.3) is 11.1 Å². The van der Waals surface area contributed by atoms with Gasteiger partial charge >= 0.3 is 11.9 Å². The van der Waals surface area contributed by atoms with Crippen LogP contribution in [0.2, 0.25) is 0 Å². The van der Waals surface area contributed by atoms with Gasteiger partial charge in [-0.2, -0.15) is 0 Å². The minimum Gasteiger partial charge on any atom is -0.493 e. The number of aromatic nitrogens is 1. The van der Waals surface area contributed by atoms with Crippen LogP contribution in [0.5, 0.6) is 5.75 Å². The summed E-state index contributed by atoms with van der Waals surface area (Å²) in [6.45, 7) is 4.25. The minimum atomic E-state index is -1.70. The Balaban J connectivity index is 1.29. The molecule has 2 atom stereocenters. The zero-order valence-corrected chi connectivity index (χ0v) is 24.5. The maximum absolute atomic E-state index is 13.1. The average molecular weight is 591 g/mol. The molecule has 0 aliphatic carbocycles. The second-order valence-corrected chi connectivity index (χ2v) is 11.2. The third-order valence-corrected chi connectivity index (χ3v) is 7.89. The number of unbranched alkanes of at least 4 members (excludes halogenated alkanes) is 1. The van der Waals surface area contributed by atoms with Gasteiger partial charge in [0.2, 0.25) is 4.75 Å². The van der Waals surface area contributed by atoms with E-state index in [9.17, 15) is 19.2 Å². The lowest BCUT2D eigenvalue weighted by molar-refractivity contribution is -0.151. The highest BCUT2D eigenvalue weighted by atomic mass is 32.2. The molecule has 2 amide bonds. The molecular weight excluding hydrogens is 556 g/mol. The van der Waals surface area contributed by atoms with Crippen molar-refractivity contribution >= 4 is 34.8 Å². The van der Waals surface area contributed by atoms with Crippen molar-refractivity contribution in [3.63, 3.8) is 0 Å². The largest absolute Gasteiger partial charge is 0.493 e. The molecule has 1 fully saturated rings. The summed E-state index contributed by atoms with van der Waals surface area (Å²) in [5, 5.41) is 1.64. The van der Waals surface area contributed by atoms with Crippen LogP contribution in [-0.4, -0.2) is 39.4 Å². The second-order valence-electron chi connectivity index (χ2n) is 9.97. The first-order valence-electron chi connectivity index (χ1n) is 13.9. The Morgan fingerprint density at radius 1 is 1.00 bits per heavy atom. The van der Waals surface area contributed by atoms with E-state index in [1.54, 1.807) is 30.5 Å². The summed E-state index contributed by atoms with van der Waals surface area (Å²) in [6.07, 6.45) is 4.09. The first-order chi connectivity index (χ1) is 20.3. The number of imide groups is 1. The molecule has 3 aromatic rings. The Labute approximate surface area is 249 Å². The summed E-state index contributed by atoms with van der Waals surface area (Å²) >= 11 is 0.646. The first kappa shape index (κ1) is 30.8. The highest BCUT2D eigenvalue weighted by Gasteiger charge is 2.55. The van der Waals surface area contributed by atoms with Crippen molar-refractivity contribution < 1.29 is 33.4 Å². The molecule has 2 heterocycles. The number of carbonyl (C=O) groups is 4. The number of amides is 2. The summed E-state index contributed by atoms with van der Waals surface area (Å²) in [5.41, 5.74) is 3.13. The molecule has 0 bridgehead atoms. The summed E-state index contributed by atoms with van der Waals surface area (Å²) in [6, 6.07) is 19.9. The third-order valence-electron chi connectivity index (χ3n) is 6.75. The molecule has 1 aromatic heterocycles. The maximum atomic E-state index is 13.1. The summed E-state index contributed by atoms with van der Waals surface area (Å²) < 4.78 is 15.1. The number of hydrogen-bond acceptors (Lipinski definition) is 9. The predicted octanol–water partition coefficient (Wildman–Crippen LogP) is 5.51. The van der Waals surface area contributed by atoms with E-state index in [0.717, 1.165) is 29.7 Å². The maximum Gasteiger partial charge on any atom is 0.333 e. The summed E-state index contributed by atoms with van der Waals surface area (Å²) in [5.74, 6) is -1.03. The molecule has 2 aromatic carbocycles. The van der Waals surface area contributed by atoms with Crippen LogP contribution in [0.1, 0.15) is 61.6 Å². The number of ether oxygens (including phenoxy) is 3. The molecule has 0 radical (unpaired) electrons. The van der Waals surface area contributed by atoms with Crippen molar-refractivity contribution in [3.05, 3.63) is 95.3 Å². The quantitative estimate of drug-likeness (QED) is 0.191. The predicted molar refractivity (Wildman–Crippen MR) is 158 cm³/mol. The first-order valence-corrected chi connectivity index (χ1v) is 14.7. The van der Waals surface area contributed by atoms with Gasteiger partial charge < -0.3 is 14.2 Å². The van der Waals surface area contributed by atoms with Gasteiger partial charge in [-0.05, 0) is 54.4 Å². The van der Waals surface area contributed by atoms with E-state index in [4.69, 9.17) is 14.2 Å². The van der Waals surface area contributed by atoms with Crippen LogP contribution in [0.3, 0.4) is 0 Å². The number of rotatable bonds is 14. The summed E-state index contributed by atoms with van der Waals surface area (Å²) in [7, 11) is 0. The smallest absolute Gasteiger partial charge is 0.333 e. The Morgan fingerprint density at radius 3 is 2.40 bits per heavy atom. The van der Waals surface area contributed by atoms with Gasteiger partial charge in [-0.25, -0.2) is 4.79 Å². The lowest BCUT2D eigenvalue weighted by Crippen LogP contribution is -2.46. The molecule has 10 heteroatoms. The van der Waals surface area contributed by atoms with Crippen LogP contribution in [0, 0.1) is 0 Å². The van der Waals surface area contributed by atoms with Crippen molar-refractivity contribution in [1.29, 1.82) is 0 Å². The fraction of sp³-hybridized carbons (Fsp3) is 0.344. The molecule has 1 saturated heterocycles. The molecule has 9 nitrogen and oxygen atoms in total. The third kappa shape index (κ3) is 8.19. The fourth-order valence-corrected chi connectivity index (χ4v) is 5.31. The van der Waals surface area contributed by atoms with E-state index in [1.807, 2.05) is 56.3 Å². The van der Waals surface area contributed by atoms with Gasteiger partial charge in [0, 0.05) is 36.7 Å². The molecule has 4 rings (SSSR count). The number of esters is 2. The van der Waals surface area contributed by atoms with Gasteiger partial charge in [0.05, 0.1) is 6.61 Å². The zero-order chi connectivity index (χ0) is 30.0. The number of nitrogens with one attached hydrogen (secondary N) is 1. The SMILES string of the molecule is CCCCC(=O)OC(C)c1ccc(CCOc2ccc(C[C@]3(C(=O)OCc4ccccc4)SC(=O)NC3=O)cc2)nc1. The average Bonchev–Trinajstić information content (AvgIpc) is 3.29. The van der Waals surface area contributed by atoms with Crippen molar-refractivity contribution in [2.45, 2.75) is 63.4 Å². The normalized spacial score (nSPS) is 16.9. The van der Waals surface area contributed by atoms with E-state index >= 15 is 0 Å². The topological polar surface area (TPSA) is 121 Å². The molecule has 1 unspecified atom stereocenters. The number of hydrogen-bond donors (Lipinski definition) is 1. The zero-order valence-electron chi connectivity index (χ0n) is 23.7. The molecule has 42 heavy (non-hydrogen) atoms. The monoisotopic (exact) mass is 590 g/mol. The minimum absolute atomic E-state index is 0.000654. The standard InChI is InChI=1S/C32H34N2O7S/c1-3-4-10-28(35)41-22(2)25-13-14-26(33-20-25)17-18-39-27-15-11-23(12-16-27)19-32(29(36)34-31(38)42-32)30(37)40-21-24-8-6-5-7-9-24/h5-9,11-16,20,22H,3-4,10,17-19,21H2,1-2H3,(H,34,36,38)/t22?,32-/m0/s1. The molecule has 0 spiro atoms. The number of carbonyl (C=O) groups excluding carboxylic acids is 4. The van der Waals surface area contributed by atoms with Crippen LogP contribution in [-0.2, 0) is 43.3 Å². The number of pyridine rings is 1. The molecule has 1 aliphatic rings. The van der Waals surface area contributed by atoms with Gasteiger partial charge in [-0.3, -0.25) is 24.7 Å². The second kappa shape index (κ2) is 14.6. The van der Waals surface area contributed by atoms with E-state index in [2.05, 4.69) is 10.3 Å². The van der Waals surface area contributed by atoms with Crippen molar-refractivity contribution in [1.82, 2.24) is 10.3 Å². The highest BCUT2D eigenvalue weighted by molar-refractivity contribution is 8.16. The molecule has 0 saturated carbocycles. The lowest BCUT2D eigenvalue weighted by atomic mass is 9.97. The van der Waals surface area contributed by atoms with Gasteiger partial charge in [-0.15, -0.1) is 0 Å². The molecule has 1 aliphatic heterocycles. The number of benzene rings is 2. The van der Waals surface area contributed by atoms with Gasteiger partial charge in [0.15, 0.2) is 0 Å². The fourth-order valence-electron chi connectivity index (χ4n) is 4.32. The van der Waals surface area contributed by atoms with Gasteiger partial charge in [-0.1, -0.05) is 61.9 Å². The molecule has 220 valence electrons. The number of nitrogens with zero attached hydrogens (tertiary/aromatic N) is 1. The Kier molecular flexibility index (Phi) is 10.7. The number of thioether (sulfide) groups is 1. The van der Waals surface area contributed by atoms with Crippen molar-refractivity contribution in [2.24, 2.45) is 0 Å². The molecular formula is C32H34N2O7S. The Bertz CT molecular complexity index is 1380. The molecule has 1 N–H and O–H groups in total. The Hall–Kier alpha value is -4.18. The lowest BCUT2D eigenvalue weighted by Gasteiger charge is -2.22.